The van der Waals surface area contributed by atoms with Gasteiger partial charge in [-0.05, 0) is 38.1 Å². The molecule has 1 fully saturated rings. The summed E-state index contributed by atoms with van der Waals surface area (Å²) in [6, 6.07) is 5.66. The summed E-state index contributed by atoms with van der Waals surface area (Å²) in [5.41, 5.74) is 2.63. The summed E-state index contributed by atoms with van der Waals surface area (Å²) in [5, 5.41) is 13.6. The monoisotopic (exact) mass is 381 g/mol. The first kappa shape index (κ1) is 18.7. The van der Waals surface area contributed by atoms with Gasteiger partial charge >= 0.3 is 0 Å². The molecule has 0 N–H and O–H groups in total. The second-order valence-corrected chi connectivity index (χ2v) is 8.68. The third-order valence-electron chi connectivity index (χ3n) is 5.43. The lowest BCUT2D eigenvalue weighted by atomic mass is 9.92. The van der Waals surface area contributed by atoms with Crippen molar-refractivity contribution in [1.29, 1.82) is 0 Å². The van der Waals surface area contributed by atoms with Crippen molar-refractivity contribution in [3.8, 4) is 0 Å². The summed E-state index contributed by atoms with van der Waals surface area (Å²) < 4.78 is 3.41. The highest BCUT2D eigenvalue weighted by Gasteiger charge is 2.26. The number of piperidine rings is 1. The number of nitrogens with zero attached hydrogens (tertiary/aromatic N) is 7. The van der Waals surface area contributed by atoms with Crippen LogP contribution in [-0.2, 0) is 19.0 Å². The number of aromatic nitrogens is 6. The Morgan fingerprint density at radius 3 is 2.57 bits per heavy atom. The number of hydrogen-bond acceptors (Lipinski definition) is 6. The standard InChI is InChI=1S/C20H27N7O/c1-20(2,3)16-5-6-17-22-23-19(27(17)24-16)14-7-9-26(10-8-14)12-15-11-18(28)25(4)13-21-15/h5-6,11,13-14H,7-10,12H2,1-4H3. The van der Waals surface area contributed by atoms with E-state index in [0.29, 0.717) is 12.5 Å². The number of hydrogen-bond donors (Lipinski definition) is 0. The Balaban J connectivity index is 1.47. The largest absolute Gasteiger partial charge is 0.302 e. The van der Waals surface area contributed by atoms with Crippen LogP contribution in [0.2, 0.25) is 0 Å². The predicted octanol–water partition coefficient (Wildman–Crippen LogP) is 1.90. The Morgan fingerprint density at radius 1 is 1.14 bits per heavy atom. The highest BCUT2D eigenvalue weighted by atomic mass is 16.1. The first-order valence-corrected chi connectivity index (χ1v) is 9.78. The molecule has 0 saturated carbocycles. The van der Waals surface area contributed by atoms with Gasteiger partial charge in [0.15, 0.2) is 11.5 Å². The van der Waals surface area contributed by atoms with E-state index in [1.807, 2.05) is 16.6 Å². The molecule has 0 bridgehead atoms. The molecule has 1 aliphatic rings. The van der Waals surface area contributed by atoms with Crippen LogP contribution in [0.3, 0.4) is 0 Å². The maximum absolute atomic E-state index is 11.8. The summed E-state index contributed by atoms with van der Waals surface area (Å²) in [6.07, 6.45) is 3.57. The molecule has 148 valence electrons. The first-order valence-electron chi connectivity index (χ1n) is 9.78. The predicted molar refractivity (Wildman–Crippen MR) is 106 cm³/mol. The summed E-state index contributed by atoms with van der Waals surface area (Å²) in [5.74, 6) is 1.29. The topological polar surface area (TPSA) is 81.2 Å². The normalized spacial score (nSPS) is 16.7. The van der Waals surface area contributed by atoms with Crippen LogP contribution in [0.1, 0.15) is 56.7 Å². The Hall–Kier alpha value is -2.61. The van der Waals surface area contributed by atoms with Crippen LogP contribution in [0.4, 0.5) is 0 Å². The molecule has 4 heterocycles. The third-order valence-corrected chi connectivity index (χ3v) is 5.43. The number of rotatable bonds is 3. The molecule has 3 aromatic heterocycles. The van der Waals surface area contributed by atoms with Gasteiger partial charge in [0.25, 0.3) is 5.56 Å². The summed E-state index contributed by atoms with van der Waals surface area (Å²) >= 11 is 0. The molecule has 8 nitrogen and oxygen atoms in total. The smallest absolute Gasteiger partial charge is 0.253 e. The lowest BCUT2D eigenvalue weighted by molar-refractivity contribution is 0.198. The molecule has 28 heavy (non-hydrogen) atoms. The molecule has 0 aliphatic carbocycles. The van der Waals surface area contributed by atoms with E-state index in [1.54, 1.807) is 19.4 Å². The molecule has 4 rings (SSSR count). The molecular weight excluding hydrogens is 354 g/mol. The molecule has 0 atom stereocenters. The van der Waals surface area contributed by atoms with E-state index in [1.165, 1.54) is 4.57 Å². The van der Waals surface area contributed by atoms with Crippen molar-refractivity contribution in [2.45, 2.75) is 51.5 Å². The highest BCUT2D eigenvalue weighted by Crippen LogP contribution is 2.28. The average molecular weight is 381 g/mol. The number of aryl methyl sites for hydroxylation is 1. The van der Waals surface area contributed by atoms with Gasteiger partial charge in [-0.3, -0.25) is 9.69 Å². The molecule has 0 amide bonds. The van der Waals surface area contributed by atoms with Gasteiger partial charge in [0.05, 0.1) is 17.7 Å². The number of fused-ring (bicyclic) bond motifs is 1. The van der Waals surface area contributed by atoms with E-state index in [-0.39, 0.29) is 11.0 Å². The van der Waals surface area contributed by atoms with Crippen molar-refractivity contribution in [2.75, 3.05) is 13.1 Å². The van der Waals surface area contributed by atoms with Crippen LogP contribution in [0.5, 0.6) is 0 Å². The van der Waals surface area contributed by atoms with Crippen molar-refractivity contribution >= 4 is 5.65 Å². The first-order chi connectivity index (χ1) is 13.3. The Labute approximate surface area is 164 Å². The van der Waals surface area contributed by atoms with E-state index < -0.39 is 0 Å². The minimum Gasteiger partial charge on any atom is -0.302 e. The molecule has 1 aliphatic heterocycles. The van der Waals surface area contributed by atoms with E-state index in [9.17, 15) is 4.79 Å². The minimum atomic E-state index is -0.0180. The van der Waals surface area contributed by atoms with Crippen LogP contribution < -0.4 is 5.56 Å². The zero-order valence-electron chi connectivity index (χ0n) is 17.0. The van der Waals surface area contributed by atoms with E-state index in [4.69, 9.17) is 5.10 Å². The summed E-state index contributed by atoms with van der Waals surface area (Å²) in [4.78, 5) is 18.5. The van der Waals surface area contributed by atoms with Gasteiger partial charge < -0.3 is 4.57 Å². The van der Waals surface area contributed by atoms with E-state index >= 15 is 0 Å². The number of likely N-dealkylation sites (tertiary alicyclic amines) is 1. The molecule has 3 aromatic rings. The summed E-state index contributed by atoms with van der Waals surface area (Å²) in [6.45, 7) is 9.07. The third kappa shape index (κ3) is 3.69. The van der Waals surface area contributed by atoms with E-state index in [2.05, 4.69) is 40.9 Å². The zero-order valence-corrected chi connectivity index (χ0v) is 17.0. The van der Waals surface area contributed by atoms with Gasteiger partial charge in [-0.15, -0.1) is 10.2 Å². The van der Waals surface area contributed by atoms with Crippen LogP contribution in [-0.4, -0.2) is 47.4 Å². The molecule has 0 spiro atoms. The fraction of sp³-hybridized carbons (Fsp3) is 0.550. The van der Waals surface area contributed by atoms with Crippen molar-refractivity contribution in [3.05, 3.63) is 52.1 Å². The Kier molecular flexibility index (Phi) is 4.74. The van der Waals surface area contributed by atoms with Gasteiger partial charge in [0, 0.05) is 31.0 Å². The van der Waals surface area contributed by atoms with Crippen LogP contribution in [0.25, 0.3) is 5.65 Å². The molecule has 0 unspecified atom stereocenters. The fourth-order valence-corrected chi connectivity index (χ4v) is 3.62. The van der Waals surface area contributed by atoms with Gasteiger partial charge in [-0.25, -0.2) is 4.98 Å². The van der Waals surface area contributed by atoms with Crippen molar-refractivity contribution in [2.24, 2.45) is 7.05 Å². The van der Waals surface area contributed by atoms with E-state index in [0.717, 1.165) is 48.8 Å². The zero-order chi connectivity index (χ0) is 19.9. The van der Waals surface area contributed by atoms with Crippen molar-refractivity contribution in [3.63, 3.8) is 0 Å². The molecule has 8 heteroatoms. The lowest BCUT2D eigenvalue weighted by Gasteiger charge is -2.30. The molecule has 0 radical (unpaired) electrons. The van der Waals surface area contributed by atoms with Gasteiger partial charge in [0.1, 0.15) is 0 Å². The van der Waals surface area contributed by atoms with Crippen LogP contribution >= 0.6 is 0 Å². The van der Waals surface area contributed by atoms with Gasteiger partial charge in [-0.2, -0.15) is 9.61 Å². The average Bonchev–Trinajstić information content (AvgIpc) is 3.08. The van der Waals surface area contributed by atoms with Crippen molar-refractivity contribution < 1.29 is 0 Å². The summed E-state index contributed by atoms with van der Waals surface area (Å²) in [7, 11) is 1.71. The maximum Gasteiger partial charge on any atom is 0.253 e. The fourth-order valence-electron chi connectivity index (χ4n) is 3.62. The SMILES string of the molecule is Cn1cnc(CN2CCC(c3nnc4ccc(C(C)(C)C)nn34)CC2)cc1=O. The minimum absolute atomic E-state index is 0.0150. The van der Waals surface area contributed by atoms with Gasteiger partial charge in [0.2, 0.25) is 0 Å². The second kappa shape index (κ2) is 7.09. The molecule has 0 aromatic carbocycles. The van der Waals surface area contributed by atoms with Crippen LogP contribution in [0, 0.1) is 0 Å². The Bertz CT molecular complexity index is 1040. The van der Waals surface area contributed by atoms with Crippen LogP contribution in [0.15, 0.2) is 29.3 Å². The molecular formula is C20H27N7O. The van der Waals surface area contributed by atoms with Crippen molar-refractivity contribution in [1.82, 2.24) is 34.3 Å². The Morgan fingerprint density at radius 2 is 1.89 bits per heavy atom. The highest BCUT2D eigenvalue weighted by molar-refractivity contribution is 5.37. The lowest BCUT2D eigenvalue weighted by Crippen LogP contribution is -2.34. The second-order valence-electron chi connectivity index (χ2n) is 8.68. The quantitative estimate of drug-likeness (QED) is 0.689. The molecule has 1 saturated heterocycles. The van der Waals surface area contributed by atoms with Gasteiger partial charge in [-0.1, -0.05) is 20.8 Å². The maximum atomic E-state index is 11.8.